The molecule has 2 aromatic rings. The number of hydrogen-bond acceptors (Lipinski definition) is 5. The highest BCUT2D eigenvalue weighted by atomic mass is 32.1. The van der Waals surface area contributed by atoms with Crippen LogP contribution in [0.5, 0.6) is 11.5 Å². The van der Waals surface area contributed by atoms with Crippen LogP contribution in [0, 0.1) is 6.92 Å². The lowest BCUT2D eigenvalue weighted by Crippen LogP contribution is -2.03. The number of aromatic nitrogens is 1. The molecule has 1 heterocycles. The Labute approximate surface area is 122 Å². The summed E-state index contributed by atoms with van der Waals surface area (Å²) in [5.74, 6) is -1.05. The summed E-state index contributed by atoms with van der Waals surface area (Å²) < 4.78 is 34.1. The molecule has 0 amide bonds. The normalized spacial score (nSPS) is 10.7. The van der Waals surface area contributed by atoms with Crippen molar-refractivity contribution in [2.45, 2.75) is 13.5 Å². The van der Waals surface area contributed by atoms with Crippen LogP contribution in [-0.2, 0) is 0 Å². The first kappa shape index (κ1) is 15.2. The lowest BCUT2D eigenvalue weighted by Gasteiger charge is -2.10. The zero-order valence-corrected chi connectivity index (χ0v) is 11.9. The van der Waals surface area contributed by atoms with Crippen molar-refractivity contribution in [3.8, 4) is 22.1 Å². The number of rotatable bonds is 5. The van der Waals surface area contributed by atoms with Crippen LogP contribution in [0.3, 0.4) is 0 Å². The molecule has 0 bridgehead atoms. The maximum atomic E-state index is 12.4. The number of halogens is 2. The van der Waals surface area contributed by atoms with Crippen molar-refractivity contribution in [3.63, 3.8) is 0 Å². The smallest absolute Gasteiger partial charge is 0.387 e. The Morgan fingerprint density at radius 1 is 1.38 bits per heavy atom. The first-order valence-electron chi connectivity index (χ1n) is 5.76. The van der Waals surface area contributed by atoms with Gasteiger partial charge in [0.25, 0.3) is 0 Å². The van der Waals surface area contributed by atoms with Gasteiger partial charge >= 0.3 is 12.6 Å². The Morgan fingerprint density at radius 2 is 2.10 bits per heavy atom. The molecule has 2 rings (SSSR count). The number of thiazole rings is 1. The number of ether oxygens (including phenoxy) is 2. The zero-order valence-electron chi connectivity index (χ0n) is 11.1. The Balaban J connectivity index is 2.44. The maximum absolute atomic E-state index is 12.4. The summed E-state index contributed by atoms with van der Waals surface area (Å²) in [6.07, 6.45) is 0. The van der Waals surface area contributed by atoms with E-state index in [-0.39, 0.29) is 16.4 Å². The minimum absolute atomic E-state index is 0.108. The molecule has 0 aliphatic heterocycles. The Kier molecular flexibility index (Phi) is 4.37. The van der Waals surface area contributed by atoms with Crippen LogP contribution in [0.15, 0.2) is 18.2 Å². The summed E-state index contributed by atoms with van der Waals surface area (Å²) >= 11 is 0.967. The van der Waals surface area contributed by atoms with E-state index in [1.54, 1.807) is 13.0 Å². The van der Waals surface area contributed by atoms with Crippen molar-refractivity contribution in [2.75, 3.05) is 7.11 Å². The first-order valence-corrected chi connectivity index (χ1v) is 6.58. The van der Waals surface area contributed by atoms with Crippen molar-refractivity contribution < 1.29 is 28.2 Å². The maximum Gasteiger partial charge on any atom is 0.387 e. The van der Waals surface area contributed by atoms with E-state index in [1.807, 2.05) is 0 Å². The van der Waals surface area contributed by atoms with Gasteiger partial charge in [0.05, 0.1) is 12.8 Å². The van der Waals surface area contributed by atoms with Gasteiger partial charge in [0.1, 0.15) is 9.88 Å². The predicted molar refractivity (Wildman–Crippen MR) is 72.4 cm³/mol. The zero-order chi connectivity index (χ0) is 15.6. The highest BCUT2D eigenvalue weighted by Crippen LogP contribution is 2.35. The summed E-state index contributed by atoms with van der Waals surface area (Å²) in [5.41, 5.74) is 0.849. The fraction of sp³-hybridized carbons (Fsp3) is 0.231. The number of carbonyl (C=O) groups is 1. The molecule has 0 atom stereocenters. The highest BCUT2D eigenvalue weighted by molar-refractivity contribution is 7.17. The molecule has 0 saturated carbocycles. The van der Waals surface area contributed by atoms with E-state index in [9.17, 15) is 13.6 Å². The third-order valence-corrected chi connectivity index (χ3v) is 3.81. The summed E-state index contributed by atoms with van der Waals surface area (Å²) in [5, 5.41) is 9.42. The van der Waals surface area contributed by atoms with Gasteiger partial charge in [-0.2, -0.15) is 8.78 Å². The molecule has 0 radical (unpaired) electrons. The summed E-state index contributed by atoms with van der Waals surface area (Å²) in [6.45, 7) is -1.41. The largest absolute Gasteiger partial charge is 0.493 e. The number of nitrogens with zero attached hydrogens (tertiary/aromatic N) is 1. The molecule has 1 aromatic heterocycles. The van der Waals surface area contributed by atoms with Gasteiger partial charge < -0.3 is 14.6 Å². The fourth-order valence-electron chi connectivity index (χ4n) is 1.72. The summed E-state index contributed by atoms with van der Waals surface area (Å²) in [7, 11) is 1.34. The molecule has 5 nitrogen and oxygen atoms in total. The van der Waals surface area contributed by atoms with Gasteiger partial charge in [-0.25, -0.2) is 9.78 Å². The van der Waals surface area contributed by atoms with Gasteiger partial charge in [-0.1, -0.05) is 0 Å². The molecule has 0 unspecified atom stereocenters. The van der Waals surface area contributed by atoms with E-state index in [4.69, 9.17) is 9.84 Å². The average Bonchev–Trinajstić information content (AvgIpc) is 2.80. The molecule has 0 spiro atoms. The van der Waals surface area contributed by atoms with Crippen molar-refractivity contribution in [2.24, 2.45) is 0 Å². The third-order valence-electron chi connectivity index (χ3n) is 2.62. The molecular formula is C13H11F2NO4S. The second-order valence-electron chi connectivity index (χ2n) is 3.98. The van der Waals surface area contributed by atoms with E-state index < -0.39 is 12.6 Å². The van der Waals surface area contributed by atoms with Crippen LogP contribution >= 0.6 is 11.3 Å². The van der Waals surface area contributed by atoms with Crippen LogP contribution in [0.2, 0.25) is 0 Å². The minimum atomic E-state index is -2.98. The van der Waals surface area contributed by atoms with E-state index >= 15 is 0 Å². The second kappa shape index (κ2) is 6.04. The van der Waals surface area contributed by atoms with E-state index in [1.165, 1.54) is 19.2 Å². The lowest BCUT2D eigenvalue weighted by atomic mass is 10.2. The topological polar surface area (TPSA) is 68.7 Å². The number of alkyl halides is 2. The minimum Gasteiger partial charge on any atom is -0.493 e. The molecule has 0 aliphatic carbocycles. The molecule has 1 aromatic carbocycles. The second-order valence-corrected chi connectivity index (χ2v) is 4.98. The number of aromatic carboxylic acids is 1. The number of aryl methyl sites for hydroxylation is 1. The van der Waals surface area contributed by atoms with Crippen LogP contribution in [0.4, 0.5) is 8.78 Å². The predicted octanol–water partition coefficient (Wildman–Crippen LogP) is 3.43. The molecular weight excluding hydrogens is 304 g/mol. The average molecular weight is 315 g/mol. The summed E-state index contributed by atoms with van der Waals surface area (Å²) in [4.78, 5) is 15.2. The van der Waals surface area contributed by atoms with Crippen molar-refractivity contribution in [1.82, 2.24) is 4.98 Å². The quantitative estimate of drug-likeness (QED) is 0.915. The van der Waals surface area contributed by atoms with Gasteiger partial charge in [-0.05, 0) is 25.1 Å². The highest BCUT2D eigenvalue weighted by Gasteiger charge is 2.17. The Bertz CT molecular complexity index is 672. The van der Waals surface area contributed by atoms with E-state index in [0.717, 1.165) is 11.3 Å². The number of hydrogen-bond donors (Lipinski definition) is 1. The lowest BCUT2D eigenvalue weighted by molar-refractivity contribution is -0.0511. The van der Waals surface area contributed by atoms with Gasteiger partial charge in [0.2, 0.25) is 0 Å². The molecule has 0 aliphatic rings. The molecule has 21 heavy (non-hydrogen) atoms. The van der Waals surface area contributed by atoms with Gasteiger partial charge in [0.15, 0.2) is 11.5 Å². The summed E-state index contributed by atoms with van der Waals surface area (Å²) in [6, 6.07) is 4.40. The van der Waals surface area contributed by atoms with Crippen LogP contribution < -0.4 is 9.47 Å². The van der Waals surface area contributed by atoms with Gasteiger partial charge in [0, 0.05) is 5.56 Å². The van der Waals surface area contributed by atoms with Crippen molar-refractivity contribution in [3.05, 3.63) is 28.8 Å². The van der Waals surface area contributed by atoms with Crippen LogP contribution in [0.25, 0.3) is 10.6 Å². The number of methoxy groups -OCH3 is 1. The molecule has 0 saturated heterocycles. The Morgan fingerprint density at radius 3 is 2.62 bits per heavy atom. The standard InChI is InChI=1S/C13H11F2NO4S/c1-6-10(12(17)18)21-11(16-6)7-3-4-8(19-2)9(5-7)20-13(14)15/h3-5,13H,1-2H3,(H,17,18). The molecule has 1 N–H and O–H groups in total. The fourth-order valence-corrected chi connectivity index (χ4v) is 2.62. The van der Waals surface area contributed by atoms with Crippen molar-refractivity contribution in [1.29, 1.82) is 0 Å². The Hall–Kier alpha value is -2.22. The monoisotopic (exact) mass is 315 g/mol. The van der Waals surface area contributed by atoms with E-state index in [2.05, 4.69) is 9.72 Å². The van der Waals surface area contributed by atoms with Crippen molar-refractivity contribution >= 4 is 17.3 Å². The molecule has 8 heteroatoms. The van der Waals surface area contributed by atoms with Crippen LogP contribution in [0.1, 0.15) is 15.4 Å². The molecule has 0 fully saturated rings. The number of carboxylic acids is 1. The SMILES string of the molecule is COc1ccc(-c2nc(C)c(C(=O)O)s2)cc1OC(F)F. The van der Waals surface area contributed by atoms with E-state index in [0.29, 0.717) is 16.3 Å². The van der Waals surface area contributed by atoms with Gasteiger partial charge in [-0.3, -0.25) is 0 Å². The third kappa shape index (κ3) is 3.27. The first-order chi connectivity index (χ1) is 9.92. The number of benzene rings is 1. The molecule has 112 valence electrons. The van der Waals surface area contributed by atoms with Gasteiger partial charge in [-0.15, -0.1) is 11.3 Å². The van der Waals surface area contributed by atoms with Crippen LogP contribution in [-0.4, -0.2) is 29.8 Å². The number of carboxylic acid groups (broad SMARTS) is 1.